The van der Waals surface area contributed by atoms with Gasteiger partial charge in [0.15, 0.2) is 0 Å². The van der Waals surface area contributed by atoms with Crippen molar-refractivity contribution in [2.75, 3.05) is 5.75 Å². The Morgan fingerprint density at radius 1 is 1.89 bits per heavy atom. The maximum Gasteiger partial charge on any atom is 0.138 e. The van der Waals surface area contributed by atoms with Gasteiger partial charge in [-0.1, -0.05) is 23.1 Å². The van der Waals surface area contributed by atoms with Crippen LogP contribution in [0.5, 0.6) is 0 Å². The Bertz CT molecular complexity index is 170. The minimum atomic E-state index is 0.881. The van der Waals surface area contributed by atoms with Crippen LogP contribution in [-0.4, -0.2) is 21.2 Å². The molecule has 0 aromatic carbocycles. The van der Waals surface area contributed by atoms with Crippen LogP contribution in [-0.2, 0) is 0 Å². The first-order chi connectivity index (χ1) is 4.43. The lowest BCUT2D eigenvalue weighted by Gasteiger charge is -1.84. The fourth-order valence-corrected chi connectivity index (χ4v) is 0.929. The summed E-state index contributed by atoms with van der Waals surface area (Å²) >= 11 is 1.60. The predicted molar refractivity (Wildman–Crippen MR) is 37.3 cm³/mol. The molecule has 0 spiro atoms. The van der Waals surface area contributed by atoms with Gasteiger partial charge in [0.05, 0.1) is 6.20 Å². The highest BCUT2D eigenvalue weighted by atomic mass is 32.2. The van der Waals surface area contributed by atoms with Crippen molar-refractivity contribution >= 4 is 11.8 Å². The molecular formula is C5H7N3S. The minimum absolute atomic E-state index is 0.881. The van der Waals surface area contributed by atoms with Gasteiger partial charge in [-0.2, -0.15) is 0 Å². The van der Waals surface area contributed by atoms with E-state index in [-0.39, 0.29) is 0 Å². The number of hydrogen-bond acceptors (Lipinski definition) is 3. The molecule has 0 aliphatic carbocycles. The summed E-state index contributed by atoms with van der Waals surface area (Å²) in [6, 6.07) is 0. The maximum atomic E-state index is 3.76. The number of rotatable bonds is 3. The van der Waals surface area contributed by atoms with E-state index in [0.29, 0.717) is 0 Å². The highest BCUT2D eigenvalue weighted by Crippen LogP contribution is 2.11. The molecule has 0 saturated heterocycles. The zero-order valence-corrected chi connectivity index (χ0v) is 5.69. The first-order valence-electron chi connectivity index (χ1n) is 2.53. The van der Waals surface area contributed by atoms with Crippen LogP contribution >= 0.6 is 11.8 Å². The van der Waals surface area contributed by atoms with E-state index < -0.39 is 0 Å². The van der Waals surface area contributed by atoms with E-state index in [1.807, 2.05) is 6.08 Å². The summed E-state index contributed by atoms with van der Waals surface area (Å²) in [5.41, 5.74) is 0. The number of nitrogens with zero attached hydrogens (tertiary/aromatic N) is 2. The predicted octanol–water partition coefficient (Wildman–Crippen LogP) is 1.08. The van der Waals surface area contributed by atoms with Crippen LogP contribution < -0.4 is 0 Å². The smallest absolute Gasteiger partial charge is 0.138 e. The fraction of sp³-hybridized carbons (Fsp3) is 0.200. The molecular weight excluding hydrogens is 134 g/mol. The summed E-state index contributed by atoms with van der Waals surface area (Å²) in [5.74, 6) is 0.881. The molecule has 0 radical (unpaired) electrons. The Labute approximate surface area is 57.5 Å². The van der Waals surface area contributed by atoms with Crippen molar-refractivity contribution in [3.05, 3.63) is 18.9 Å². The van der Waals surface area contributed by atoms with Gasteiger partial charge in [-0.05, 0) is 0 Å². The molecule has 0 fully saturated rings. The standard InChI is InChI=1S/C5H7N3S/c1-2-3-9-5-4-6-8-7-5/h2,4H,1,3H2,(H,6,7,8). The highest BCUT2D eigenvalue weighted by molar-refractivity contribution is 7.99. The molecule has 0 saturated carbocycles. The molecule has 1 aromatic rings. The van der Waals surface area contributed by atoms with Gasteiger partial charge >= 0.3 is 0 Å². The molecule has 0 amide bonds. The second-order valence-corrected chi connectivity index (χ2v) is 2.45. The zero-order valence-electron chi connectivity index (χ0n) is 4.87. The van der Waals surface area contributed by atoms with Gasteiger partial charge in [-0.25, -0.2) is 0 Å². The second-order valence-electron chi connectivity index (χ2n) is 1.41. The topological polar surface area (TPSA) is 41.6 Å². The average Bonchev–Trinajstić information content (AvgIpc) is 2.34. The van der Waals surface area contributed by atoms with Crippen molar-refractivity contribution in [3.63, 3.8) is 0 Å². The van der Waals surface area contributed by atoms with Crippen LogP contribution in [0.3, 0.4) is 0 Å². The van der Waals surface area contributed by atoms with Crippen LogP contribution in [0.25, 0.3) is 0 Å². The van der Waals surface area contributed by atoms with Crippen LogP contribution in [0, 0.1) is 0 Å². The van der Waals surface area contributed by atoms with Crippen molar-refractivity contribution in [2.45, 2.75) is 5.03 Å². The lowest BCUT2D eigenvalue weighted by atomic mass is 10.8. The molecule has 9 heavy (non-hydrogen) atoms. The lowest BCUT2D eigenvalue weighted by Crippen LogP contribution is -1.72. The van der Waals surface area contributed by atoms with E-state index in [0.717, 1.165) is 10.8 Å². The summed E-state index contributed by atoms with van der Waals surface area (Å²) in [5, 5.41) is 10.8. The fourth-order valence-electron chi connectivity index (χ4n) is 0.406. The molecule has 1 rings (SSSR count). The number of nitrogens with one attached hydrogen (secondary N) is 1. The summed E-state index contributed by atoms with van der Waals surface area (Å²) in [7, 11) is 0. The molecule has 0 bridgehead atoms. The number of hydrogen-bond donors (Lipinski definition) is 1. The Kier molecular flexibility index (Phi) is 2.32. The Hall–Kier alpha value is -0.770. The summed E-state index contributed by atoms with van der Waals surface area (Å²) < 4.78 is 0. The van der Waals surface area contributed by atoms with Gasteiger partial charge in [0, 0.05) is 5.75 Å². The number of aromatic nitrogens is 3. The molecule has 0 aliphatic rings. The van der Waals surface area contributed by atoms with Crippen molar-refractivity contribution in [3.8, 4) is 0 Å². The van der Waals surface area contributed by atoms with Crippen LogP contribution in [0.15, 0.2) is 23.9 Å². The molecule has 48 valence electrons. The average molecular weight is 141 g/mol. The first kappa shape index (κ1) is 6.35. The van der Waals surface area contributed by atoms with Gasteiger partial charge in [0.2, 0.25) is 0 Å². The third-order valence-electron chi connectivity index (χ3n) is 0.743. The van der Waals surface area contributed by atoms with E-state index in [4.69, 9.17) is 0 Å². The quantitative estimate of drug-likeness (QED) is 0.506. The largest absolute Gasteiger partial charge is 0.264 e. The first-order valence-corrected chi connectivity index (χ1v) is 3.52. The summed E-state index contributed by atoms with van der Waals surface area (Å²) in [4.78, 5) is 0. The number of H-pyrrole nitrogens is 1. The molecule has 0 aliphatic heterocycles. The number of aromatic amines is 1. The third kappa shape index (κ3) is 1.89. The third-order valence-corrected chi connectivity index (χ3v) is 1.64. The molecule has 0 unspecified atom stereocenters. The molecule has 1 N–H and O–H groups in total. The molecule has 3 nitrogen and oxygen atoms in total. The Balaban J connectivity index is 2.38. The molecule has 0 atom stereocenters. The van der Waals surface area contributed by atoms with Gasteiger partial charge in [-0.15, -0.1) is 11.7 Å². The highest BCUT2D eigenvalue weighted by Gasteiger charge is 1.91. The van der Waals surface area contributed by atoms with Crippen molar-refractivity contribution in [1.29, 1.82) is 0 Å². The Morgan fingerprint density at radius 3 is 3.33 bits per heavy atom. The summed E-state index contributed by atoms with van der Waals surface area (Å²) in [6.07, 6.45) is 3.59. The van der Waals surface area contributed by atoms with E-state index in [1.165, 1.54) is 0 Å². The van der Waals surface area contributed by atoms with Crippen LogP contribution in [0.4, 0.5) is 0 Å². The van der Waals surface area contributed by atoms with Crippen molar-refractivity contribution < 1.29 is 0 Å². The van der Waals surface area contributed by atoms with E-state index in [9.17, 15) is 0 Å². The SMILES string of the molecule is C=CCSc1c[nH]nn1. The van der Waals surface area contributed by atoms with Gasteiger partial charge in [-0.3, -0.25) is 5.10 Å². The second kappa shape index (κ2) is 3.29. The van der Waals surface area contributed by atoms with Crippen molar-refractivity contribution in [2.24, 2.45) is 0 Å². The maximum absolute atomic E-state index is 3.76. The van der Waals surface area contributed by atoms with E-state index in [1.54, 1.807) is 18.0 Å². The van der Waals surface area contributed by atoms with E-state index >= 15 is 0 Å². The van der Waals surface area contributed by atoms with Crippen molar-refractivity contribution in [1.82, 2.24) is 15.4 Å². The van der Waals surface area contributed by atoms with E-state index in [2.05, 4.69) is 22.0 Å². The zero-order chi connectivity index (χ0) is 6.53. The minimum Gasteiger partial charge on any atom is -0.264 e. The monoisotopic (exact) mass is 141 g/mol. The van der Waals surface area contributed by atoms with Gasteiger partial charge in [0.25, 0.3) is 0 Å². The van der Waals surface area contributed by atoms with Gasteiger partial charge < -0.3 is 0 Å². The number of thioether (sulfide) groups is 1. The molecule has 1 aromatic heterocycles. The van der Waals surface area contributed by atoms with Crippen LogP contribution in [0.1, 0.15) is 0 Å². The Morgan fingerprint density at radius 2 is 2.78 bits per heavy atom. The lowest BCUT2D eigenvalue weighted by molar-refractivity contribution is 0.911. The normalized spacial score (nSPS) is 9.33. The van der Waals surface area contributed by atoms with Crippen LogP contribution in [0.2, 0.25) is 0 Å². The summed E-state index contributed by atoms with van der Waals surface area (Å²) in [6.45, 7) is 3.58. The molecule has 4 heteroatoms. The van der Waals surface area contributed by atoms with Gasteiger partial charge in [0.1, 0.15) is 5.03 Å². The molecule has 1 heterocycles.